The SMILES string of the molecule is CN(C)CCCN1C(=O)c2cc3occc3n2CC1(C)C(=O)NC1CCCCCC1. The number of furan rings is 1. The van der Waals surface area contributed by atoms with Crippen LogP contribution in [0.3, 0.4) is 0 Å². The van der Waals surface area contributed by atoms with Crippen molar-refractivity contribution in [1.29, 1.82) is 0 Å². The second kappa shape index (κ2) is 8.46. The highest BCUT2D eigenvalue weighted by Crippen LogP contribution is 2.33. The van der Waals surface area contributed by atoms with Crippen molar-refractivity contribution >= 4 is 22.9 Å². The van der Waals surface area contributed by atoms with E-state index in [9.17, 15) is 9.59 Å². The highest BCUT2D eigenvalue weighted by Gasteiger charge is 2.48. The van der Waals surface area contributed by atoms with Gasteiger partial charge in [0.1, 0.15) is 11.2 Å². The minimum atomic E-state index is -0.925. The standard InChI is InChI=1S/C23H34N4O3/c1-23(22(29)24-17-9-6-4-5-7-10-17)16-26-18-11-14-30-20(18)15-19(26)21(28)27(23)13-8-12-25(2)3/h11,14-15,17H,4-10,12-13,16H2,1-3H3,(H,24,29). The summed E-state index contributed by atoms with van der Waals surface area (Å²) in [4.78, 5) is 31.0. The molecule has 1 fully saturated rings. The summed E-state index contributed by atoms with van der Waals surface area (Å²) in [6.07, 6.45) is 9.30. The van der Waals surface area contributed by atoms with Gasteiger partial charge in [-0.2, -0.15) is 0 Å². The highest BCUT2D eigenvalue weighted by atomic mass is 16.3. The lowest BCUT2D eigenvalue weighted by molar-refractivity contribution is -0.133. The van der Waals surface area contributed by atoms with Gasteiger partial charge in [0.2, 0.25) is 5.91 Å². The van der Waals surface area contributed by atoms with Crippen molar-refractivity contribution in [1.82, 2.24) is 19.7 Å². The number of carbonyl (C=O) groups is 2. The molecule has 2 aromatic heterocycles. The number of aromatic nitrogens is 1. The summed E-state index contributed by atoms with van der Waals surface area (Å²) in [5, 5.41) is 3.30. The summed E-state index contributed by atoms with van der Waals surface area (Å²) >= 11 is 0. The Labute approximate surface area is 178 Å². The van der Waals surface area contributed by atoms with Crippen molar-refractivity contribution in [3.05, 3.63) is 24.1 Å². The van der Waals surface area contributed by atoms with Crippen molar-refractivity contribution in [2.75, 3.05) is 27.2 Å². The Morgan fingerprint density at radius 1 is 1.27 bits per heavy atom. The number of nitrogens with zero attached hydrogens (tertiary/aromatic N) is 3. The number of fused-ring (bicyclic) bond motifs is 3. The van der Waals surface area contributed by atoms with E-state index < -0.39 is 5.54 Å². The van der Waals surface area contributed by atoms with Crippen LogP contribution < -0.4 is 5.32 Å². The third-order valence-corrected chi connectivity index (χ3v) is 6.72. The molecule has 1 unspecified atom stereocenters. The first-order valence-corrected chi connectivity index (χ1v) is 11.2. The van der Waals surface area contributed by atoms with Gasteiger partial charge in [-0.15, -0.1) is 0 Å². The molecule has 1 saturated carbocycles. The molecule has 7 nitrogen and oxygen atoms in total. The first-order valence-electron chi connectivity index (χ1n) is 11.2. The predicted molar refractivity (Wildman–Crippen MR) is 116 cm³/mol. The topological polar surface area (TPSA) is 70.7 Å². The van der Waals surface area contributed by atoms with Gasteiger partial charge in [-0.1, -0.05) is 25.7 Å². The first kappa shape index (κ1) is 21.0. The average Bonchev–Trinajstić information content (AvgIpc) is 3.19. The van der Waals surface area contributed by atoms with Crippen LogP contribution in [0.25, 0.3) is 11.1 Å². The zero-order valence-corrected chi connectivity index (χ0v) is 18.4. The van der Waals surface area contributed by atoms with Gasteiger partial charge in [-0.25, -0.2) is 0 Å². The maximum atomic E-state index is 13.6. The minimum Gasteiger partial charge on any atom is -0.463 e. The number of rotatable bonds is 6. The molecule has 164 valence electrons. The number of carbonyl (C=O) groups excluding carboxylic acids is 2. The van der Waals surface area contributed by atoms with Gasteiger partial charge >= 0.3 is 0 Å². The number of hydrogen-bond donors (Lipinski definition) is 1. The molecule has 0 saturated heterocycles. The van der Waals surface area contributed by atoms with Crippen molar-refractivity contribution in [3.63, 3.8) is 0 Å². The molecular formula is C23H34N4O3. The van der Waals surface area contributed by atoms with Gasteiger partial charge in [0.05, 0.1) is 18.3 Å². The second-order valence-electron chi connectivity index (χ2n) is 9.34. The lowest BCUT2D eigenvalue weighted by Crippen LogP contribution is -2.65. The van der Waals surface area contributed by atoms with Gasteiger partial charge in [-0.3, -0.25) is 9.59 Å². The van der Waals surface area contributed by atoms with Crippen LogP contribution in [-0.2, 0) is 11.3 Å². The lowest BCUT2D eigenvalue weighted by Gasteiger charge is -2.44. The van der Waals surface area contributed by atoms with Crippen LogP contribution in [0.15, 0.2) is 22.8 Å². The Bertz CT molecular complexity index is 907. The fourth-order valence-corrected chi connectivity index (χ4v) is 4.93. The summed E-state index contributed by atoms with van der Waals surface area (Å²) in [7, 11) is 4.05. The van der Waals surface area contributed by atoms with E-state index in [0.29, 0.717) is 24.4 Å². The molecule has 2 aromatic rings. The van der Waals surface area contributed by atoms with Gasteiger partial charge in [-0.05, 0) is 46.8 Å². The summed E-state index contributed by atoms with van der Waals surface area (Å²) < 4.78 is 7.49. The van der Waals surface area contributed by atoms with Crippen LogP contribution >= 0.6 is 0 Å². The average molecular weight is 415 g/mol. The molecule has 0 radical (unpaired) electrons. The Morgan fingerprint density at radius 3 is 2.70 bits per heavy atom. The van der Waals surface area contributed by atoms with Crippen LogP contribution in [0.1, 0.15) is 62.4 Å². The number of nitrogens with one attached hydrogen (secondary N) is 1. The normalized spacial score (nSPS) is 23.1. The second-order valence-corrected chi connectivity index (χ2v) is 9.34. The van der Waals surface area contributed by atoms with E-state index in [1.807, 2.05) is 31.7 Å². The fourth-order valence-electron chi connectivity index (χ4n) is 4.93. The fraction of sp³-hybridized carbons (Fsp3) is 0.652. The van der Waals surface area contributed by atoms with Crippen molar-refractivity contribution in [2.24, 2.45) is 0 Å². The summed E-state index contributed by atoms with van der Waals surface area (Å²) in [6, 6.07) is 3.88. The van der Waals surface area contributed by atoms with Gasteiger partial charge in [0.25, 0.3) is 5.91 Å². The van der Waals surface area contributed by atoms with Crippen LogP contribution in [0.4, 0.5) is 0 Å². The van der Waals surface area contributed by atoms with Crippen molar-refractivity contribution < 1.29 is 14.0 Å². The van der Waals surface area contributed by atoms with E-state index in [2.05, 4.69) is 10.2 Å². The Balaban J connectivity index is 1.63. The van der Waals surface area contributed by atoms with Crippen LogP contribution in [-0.4, -0.2) is 64.9 Å². The quantitative estimate of drug-likeness (QED) is 0.737. The lowest BCUT2D eigenvalue weighted by atomic mass is 9.93. The van der Waals surface area contributed by atoms with Crippen molar-refractivity contribution in [2.45, 2.75) is 70.0 Å². The van der Waals surface area contributed by atoms with E-state index in [0.717, 1.165) is 44.2 Å². The molecule has 0 bridgehead atoms. The van der Waals surface area contributed by atoms with E-state index in [4.69, 9.17) is 4.42 Å². The van der Waals surface area contributed by atoms with Gasteiger partial charge < -0.3 is 24.1 Å². The molecule has 2 amide bonds. The molecule has 4 rings (SSSR count). The maximum Gasteiger partial charge on any atom is 0.271 e. The molecule has 3 heterocycles. The zero-order valence-electron chi connectivity index (χ0n) is 18.4. The third-order valence-electron chi connectivity index (χ3n) is 6.72. The van der Waals surface area contributed by atoms with E-state index in [1.54, 1.807) is 17.2 Å². The Morgan fingerprint density at radius 2 is 2.00 bits per heavy atom. The van der Waals surface area contributed by atoms with Crippen LogP contribution in [0, 0.1) is 0 Å². The largest absolute Gasteiger partial charge is 0.463 e. The van der Waals surface area contributed by atoms with Gasteiger partial charge in [0, 0.05) is 24.7 Å². The summed E-state index contributed by atoms with van der Waals surface area (Å²) in [6.45, 7) is 3.78. The Hall–Kier alpha value is -2.28. The molecule has 1 aliphatic carbocycles. The highest BCUT2D eigenvalue weighted by molar-refractivity contribution is 6.02. The van der Waals surface area contributed by atoms with E-state index in [-0.39, 0.29) is 17.9 Å². The predicted octanol–water partition coefficient (Wildman–Crippen LogP) is 3.24. The van der Waals surface area contributed by atoms with E-state index >= 15 is 0 Å². The molecule has 0 aromatic carbocycles. The molecular weight excluding hydrogens is 380 g/mol. The Kier molecular flexibility index (Phi) is 5.91. The summed E-state index contributed by atoms with van der Waals surface area (Å²) in [5.41, 5.74) is 1.25. The molecule has 1 aliphatic heterocycles. The van der Waals surface area contributed by atoms with Crippen LogP contribution in [0.2, 0.25) is 0 Å². The van der Waals surface area contributed by atoms with Crippen molar-refractivity contribution in [3.8, 4) is 0 Å². The maximum absolute atomic E-state index is 13.6. The number of amides is 2. The third kappa shape index (κ3) is 3.87. The molecule has 1 atom stereocenters. The first-order chi connectivity index (χ1) is 14.4. The molecule has 2 aliphatic rings. The molecule has 30 heavy (non-hydrogen) atoms. The smallest absolute Gasteiger partial charge is 0.271 e. The monoisotopic (exact) mass is 414 g/mol. The van der Waals surface area contributed by atoms with Crippen LogP contribution in [0.5, 0.6) is 0 Å². The summed E-state index contributed by atoms with van der Waals surface area (Å²) in [5.74, 6) is -0.131. The molecule has 7 heteroatoms. The van der Waals surface area contributed by atoms with Gasteiger partial charge in [0.15, 0.2) is 5.58 Å². The van der Waals surface area contributed by atoms with E-state index in [1.165, 1.54) is 12.8 Å². The molecule has 0 spiro atoms. The molecule has 1 N–H and O–H groups in total. The number of hydrogen-bond acceptors (Lipinski definition) is 4. The minimum absolute atomic E-state index is 0.0383. The zero-order chi connectivity index (χ0) is 21.3.